The van der Waals surface area contributed by atoms with Crippen LogP contribution in [0.1, 0.15) is 66.7 Å². The highest BCUT2D eigenvalue weighted by Gasteiger charge is 2.43. The summed E-state index contributed by atoms with van der Waals surface area (Å²) in [5.74, 6) is 0. The first kappa shape index (κ1) is 15.0. The van der Waals surface area contributed by atoms with E-state index >= 15 is 0 Å². The van der Waals surface area contributed by atoms with E-state index in [0.29, 0.717) is 12.1 Å². The lowest BCUT2D eigenvalue weighted by molar-refractivity contribution is -0.000176. The second-order valence-corrected chi connectivity index (χ2v) is 6.39. The number of aliphatic hydroxyl groups excluding tert-OH is 1. The predicted octanol–water partition coefficient (Wildman–Crippen LogP) is 3.44. The van der Waals surface area contributed by atoms with Crippen LogP contribution in [-0.2, 0) is 0 Å². The van der Waals surface area contributed by atoms with Crippen molar-refractivity contribution >= 4 is 0 Å². The van der Waals surface area contributed by atoms with Gasteiger partial charge >= 0.3 is 0 Å². The van der Waals surface area contributed by atoms with Crippen molar-refractivity contribution in [3.05, 3.63) is 0 Å². The van der Waals surface area contributed by atoms with Crippen molar-refractivity contribution in [2.45, 2.75) is 84.9 Å². The van der Waals surface area contributed by atoms with Gasteiger partial charge in [0.15, 0.2) is 0 Å². The Morgan fingerprint density at radius 3 is 2.41 bits per heavy atom. The minimum Gasteiger partial charge on any atom is -0.391 e. The summed E-state index contributed by atoms with van der Waals surface area (Å²) in [6.45, 7) is 12.3. The third-order valence-electron chi connectivity index (χ3n) is 4.60. The molecule has 0 saturated heterocycles. The average molecular weight is 241 g/mol. The Kier molecular flexibility index (Phi) is 5.46. The first-order valence-corrected chi connectivity index (χ1v) is 7.37. The Hall–Kier alpha value is -0.0800. The molecule has 2 nitrogen and oxygen atoms in total. The van der Waals surface area contributed by atoms with E-state index in [0.717, 1.165) is 19.4 Å². The lowest BCUT2D eigenvalue weighted by atomic mass is 9.88. The second kappa shape index (κ2) is 6.19. The van der Waals surface area contributed by atoms with Crippen LogP contribution >= 0.6 is 0 Å². The van der Waals surface area contributed by atoms with E-state index in [1.165, 1.54) is 19.3 Å². The molecule has 0 aliphatic heterocycles. The van der Waals surface area contributed by atoms with Gasteiger partial charge in [0.1, 0.15) is 0 Å². The fourth-order valence-corrected chi connectivity index (χ4v) is 2.98. The highest BCUT2D eigenvalue weighted by atomic mass is 16.3. The monoisotopic (exact) mass is 241 g/mol. The SMILES string of the molecule is CCCCN(C(C)CC)C1CCC(C)(C)C1O. The molecule has 102 valence electrons. The van der Waals surface area contributed by atoms with Crippen LogP contribution in [0, 0.1) is 5.41 Å². The third kappa shape index (κ3) is 3.45. The molecule has 0 spiro atoms. The molecule has 1 saturated carbocycles. The fourth-order valence-electron chi connectivity index (χ4n) is 2.98. The van der Waals surface area contributed by atoms with E-state index in [9.17, 15) is 5.11 Å². The van der Waals surface area contributed by atoms with Gasteiger partial charge in [0.2, 0.25) is 0 Å². The van der Waals surface area contributed by atoms with Crippen LogP contribution in [0.25, 0.3) is 0 Å². The van der Waals surface area contributed by atoms with Gasteiger partial charge < -0.3 is 5.11 Å². The molecule has 1 fully saturated rings. The van der Waals surface area contributed by atoms with Crippen molar-refractivity contribution in [1.82, 2.24) is 4.90 Å². The molecule has 2 heteroatoms. The molecule has 0 radical (unpaired) electrons. The van der Waals surface area contributed by atoms with Gasteiger partial charge in [-0.1, -0.05) is 34.1 Å². The molecule has 0 aromatic rings. The Labute approximate surface area is 107 Å². The summed E-state index contributed by atoms with van der Waals surface area (Å²) >= 11 is 0. The smallest absolute Gasteiger partial charge is 0.0746 e. The van der Waals surface area contributed by atoms with Crippen molar-refractivity contribution < 1.29 is 5.11 Å². The molecular weight excluding hydrogens is 210 g/mol. The second-order valence-electron chi connectivity index (χ2n) is 6.39. The topological polar surface area (TPSA) is 23.5 Å². The Balaban J connectivity index is 2.70. The van der Waals surface area contributed by atoms with E-state index in [2.05, 4.69) is 39.5 Å². The number of aliphatic hydroxyl groups is 1. The normalized spacial score (nSPS) is 29.8. The molecule has 0 heterocycles. The highest BCUT2D eigenvalue weighted by Crippen LogP contribution is 2.40. The average Bonchev–Trinajstić information content (AvgIpc) is 2.56. The van der Waals surface area contributed by atoms with Gasteiger partial charge in [0.05, 0.1) is 6.10 Å². The summed E-state index contributed by atoms with van der Waals surface area (Å²) < 4.78 is 0. The lowest BCUT2D eigenvalue weighted by Gasteiger charge is -2.38. The third-order valence-corrected chi connectivity index (χ3v) is 4.60. The van der Waals surface area contributed by atoms with Crippen LogP contribution in [0.15, 0.2) is 0 Å². The van der Waals surface area contributed by atoms with Crippen LogP contribution in [0.5, 0.6) is 0 Å². The molecule has 1 aliphatic carbocycles. The van der Waals surface area contributed by atoms with E-state index in [-0.39, 0.29) is 11.5 Å². The quantitative estimate of drug-likeness (QED) is 0.770. The molecule has 1 rings (SSSR count). The Bertz CT molecular complexity index is 227. The molecule has 0 aromatic heterocycles. The summed E-state index contributed by atoms with van der Waals surface area (Å²) in [7, 11) is 0. The van der Waals surface area contributed by atoms with E-state index in [1.807, 2.05) is 0 Å². The number of hydrogen-bond donors (Lipinski definition) is 1. The number of nitrogens with zero attached hydrogens (tertiary/aromatic N) is 1. The van der Waals surface area contributed by atoms with Crippen molar-refractivity contribution in [2.24, 2.45) is 5.41 Å². The maximum Gasteiger partial charge on any atom is 0.0746 e. The van der Waals surface area contributed by atoms with Crippen LogP contribution in [0.3, 0.4) is 0 Å². The first-order valence-electron chi connectivity index (χ1n) is 7.37. The zero-order chi connectivity index (χ0) is 13.1. The zero-order valence-corrected chi connectivity index (χ0v) is 12.4. The van der Waals surface area contributed by atoms with E-state index in [1.54, 1.807) is 0 Å². The largest absolute Gasteiger partial charge is 0.391 e. The first-order chi connectivity index (χ1) is 7.94. The van der Waals surface area contributed by atoms with E-state index in [4.69, 9.17) is 0 Å². The minimum absolute atomic E-state index is 0.0998. The Morgan fingerprint density at radius 1 is 1.35 bits per heavy atom. The lowest BCUT2D eigenvalue weighted by Crippen LogP contribution is -2.48. The standard InChI is InChI=1S/C15H31NO/c1-6-8-11-16(12(3)7-2)13-9-10-15(4,5)14(13)17/h12-14,17H,6-11H2,1-5H3. The van der Waals surface area contributed by atoms with Crippen LogP contribution in [0.4, 0.5) is 0 Å². The summed E-state index contributed by atoms with van der Waals surface area (Å²) in [5, 5.41) is 10.5. The summed E-state index contributed by atoms with van der Waals surface area (Å²) in [4.78, 5) is 2.56. The molecule has 0 bridgehead atoms. The van der Waals surface area contributed by atoms with Gasteiger partial charge in [-0.15, -0.1) is 0 Å². The maximum atomic E-state index is 10.5. The fraction of sp³-hybridized carbons (Fsp3) is 1.00. The van der Waals surface area contributed by atoms with Gasteiger partial charge in [-0.3, -0.25) is 4.90 Å². The number of rotatable bonds is 6. The molecule has 0 amide bonds. The summed E-state index contributed by atoms with van der Waals surface area (Å²) in [6.07, 6.45) is 5.80. The van der Waals surface area contributed by atoms with Crippen LogP contribution < -0.4 is 0 Å². The molecular formula is C15H31NO. The number of unbranched alkanes of at least 4 members (excludes halogenated alkanes) is 1. The van der Waals surface area contributed by atoms with Gasteiger partial charge in [-0.05, 0) is 44.6 Å². The Morgan fingerprint density at radius 2 is 2.00 bits per heavy atom. The molecule has 1 N–H and O–H groups in total. The minimum atomic E-state index is -0.159. The molecule has 3 atom stereocenters. The van der Waals surface area contributed by atoms with Crippen molar-refractivity contribution in [1.29, 1.82) is 0 Å². The molecule has 17 heavy (non-hydrogen) atoms. The van der Waals surface area contributed by atoms with Crippen molar-refractivity contribution in [2.75, 3.05) is 6.54 Å². The zero-order valence-electron chi connectivity index (χ0n) is 12.4. The van der Waals surface area contributed by atoms with E-state index < -0.39 is 0 Å². The van der Waals surface area contributed by atoms with Crippen LogP contribution in [0.2, 0.25) is 0 Å². The van der Waals surface area contributed by atoms with Gasteiger partial charge in [0.25, 0.3) is 0 Å². The number of hydrogen-bond acceptors (Lipinski definition) is 2. The molecule has 1 aliphatic rings. The van der Waals surface area contributed by atoms with Crippen molar-refractivity contribution in [3.8, 4) is 0 Å². The highest BCUT2D eigenvalue weighted by molar-refractivity contribution is 4.97. The van der Waals surface area contributed by atoms with Gasteiger partial charge in [-0.2, -0.15) is 0 Å². The molecule has 0 aromatic carbocycles. The summed E-state index contributed by atoms with van der Waals surface area (Å²) in [6, 6.07) is 0.974. The van der Waals surface area contributed by atoms with Gasteiger partial charge in [-0.25, -0.2) is 0 Å². The van der Waals surface area contributed by atoms with Crippen LogP contribution in [-0.4, -0.2) is 34.7 Å². The summed E-state index contributed by atoms with van der Waals surface area (Å²) in [5.41, 5.74) is 0.0998. The molecule has 3 unspecified atom stereocenters. The maximum absolute atomic E-state index is 10.5. The van der Waals surface area contributed by atoms with Crippen molar-refractivity contribution in [3.63, 3.8) is 0 Å². The predicted molar refractivity (Wildman–Crippen MR) is 74.2 cm³/mol. The van der Waals surface area contributed by atoms with Gasteiger partial charge in [0, 0.05) is 12.1 Å².